The van der Waals surface area contributed by atoms with Crippen LogP contribution in [0.5, 0.6) is 5.75 Å². The van der Waals surface area contributed by atoms with Crippen molar-refractivity contribution in [2.24, 2.45) is 29.4 Å². The number of fused-ring (bicyclic) bond motifs is 3. The number of aliphatic hydroxyl groups excluding tert-OH is 3. The largest absolute Gasteiger partial charge is 0.508 e. The van der Waals surface area contributed by atoms with Gasteiger partial charge in [-0.05, 0) is 68.2 Å². The summed E-state index contributed by atoms with van der Waals surface area (Å²) < 4.78 is 0. The van der Waals surface area contributed by atoms with E-state index in [1.807, 2.05) is 12.1 Å². The van der Waals surface area contributed by atoms with Crippen LogP contribution in [0, 0.1) is 23.7 Å². The molecule has 0 radical (unpaired) electrons. The zero-order chi connectivity index (χ0) is 32.4. The van der Waals surface area contributed by atoms with Gasteiger partial charge in [0.25, 0.3) is 5.91 Å². The van der Waals surface area contributed by atoms with Crippen LogP contribution in [0.15, 0.2) is 29.0 Å². The fraction of sp³-hybridized carbons (Fsp3) is 0.618. The molecule has 10 nitrogen and oxygen atoms in total. The van der Waals surface area contributed by atoms with Gasteiger partial charge in [0.15, 0.2) is 11.4 Å². The number of phenols is 1. The molecule has 0 spiro atoms. The summed E-state index contributed by atoms with van der Waals surface area (Å²) in [6, 6.07) is 2.36. The number of nitrogens with two attached hydrogens (primary N) is 1. The van der Waals surface area contributed by atoms with E-state index in [2.05, 4.69) is 13.8 Å². The number of nitrogens with zero attached hydrogens (tertiary/aromatic N) is 1. The van der Waals surface area contributed by atoms with Gasteiger partial charge in [0.05, 0.1) is 23.6 Å². The predicted octanol–water partition coefficient (Wildman–Crippen LogP) is 3.60. The van der Waals surface area contributed by atoms with E-state index in [0.29, 0.717) is 23.0 Å². The Morgan fingerprint density at radius 2 is 1.73 bits per heavy atom. The molecule has 4 aliphatic carbocycles. The number of hydrogen-bond donors (Lipinski definition) is 6. The molecule has 2 fully saturated rings. The molecule has 4 aliphatic rings. The molecule has 0 bridgehead atoms. The smallest absolute Gasteiger partial charge is 0.255 e. The molecule has 0 saturated heterocycles. The van der Waals surface area contributed by atoms with Crippen LogP contribution in [-0.2, 0) is 14.4 Å². The molecule has 7 N–H and O–H groups in total. The van der Waals surface area contributed by atoms with E-state index in [-0.39, 0.29) is 22.8 Å². The first-order chi connectivity index (χ1) is 20.7. The summed E-state index contributed by atoms with van der Waals surface area (Å²) in [4.78, 5) is 41.3. The normalized spacial score (nSPS) is 34.5. The van der Waals surface area contributed by atoms with Crippen molar-refractivity contribution in [3.8, 4) is 5.75 Å². The third kappa shape index (κ3) is 4.60. The van der Waals surface area contributed by atoms with Gasteiger partial charge in [0.2, 0.25) is 5.78 Å². The number of primary amides is 1. The molecule has 1 aromatic carbocycles. The minimum absolute atomic E-state index is 0.0510. The first-order valence-corrected chi connectivity index (χ1v) is 15.9. The Labute approximate surface area is 258 Å². The number of phenolic OH excluding ortho intramolecular Hbond substituents is 1. The Bertz CT molecular complexity index is 1440. The second-order valence-corrected chi connectivity index (χ2v) is 13.8. The zero-order valence-corrected chi connectivity index (χ0v) is 26.2. The molecule has 1 unspecified atom stereocenters. The molecule has 0 aliphatic heterocycles. The van der Waals surface area contributed by atoms with E-state index in [1.165, 1.54) is 19.0 Å². The van der Waals surface area contributed by atoms with E-state index in [1.54, 1.807) is 6.92 Å². The number of Topliss-reactive ketones (excluding diaryl/α,β-unsaturated/α-hetero) is 2. The molecule has 10 heteroatoms. The number of benzene rings is 1. The number of aliphatic hydroxyl groups is 4. The Morgan fingerprint density at radius 3 is 2.30 bits per heavy atom. The van der Waals surface area contributed by atoms with Crippen molar-refractivity contribution in [3.63, 3.8) is 0 Å². The first-order valence-electron chi connectivity index (χ1n) is 15.9. The van der Waals surface area contributed by atoms with Crippen LogP contribution in [0.25, 0.3) is 5.76 Å². The van der Waals surface area contributed by atoms with Gasteiger partial charge in [-0.1, -0.05) is 58.6 Å². The van der Waals surface area contributed by atoms with Crippen LogP contribution in [0.1, 0.15) is 94.2 Å². The van der Waals surface area contributed by atoms with Gasteiger partial charge in [0.1, 0.15) is 22.8 Å². The van der Waals surface area contributed by atoms with Gasteiger partial charge in [0, 0.05) is 11.5 Å². The highest BCUT2D eigenvalue weighted by atomic mass is 16.4. The highest BCUT2D eigenvalue weighted by Crippen LogP contribution is 2.57. The van der Waals surface area contributed by atoms with Crippen molar-refractivity contribution in [3.05, 3.63) is 45.7 Å². The van der Waals surface area contributed by atoms with Crippen molar-refractivity contribution in [2.75, 3.05) is 14.1 Å². The summed E-state index contributed by atoms with van der Waals surface area (Å²) in [6.45, 7) is 6.13. The van der Waals surface area contributed by atoms with E-state index >= 15 is 0 Å². The van der Waals surface area contributed by atoms with Gasteiger partial charge >= 0.3 is 0 Å². The molecule has 2 saturated carbocycles. The fourth-order valence-corrected chi connectivity index (χ4v) is 8.69. The number of rotatable bonds is 7. The first kappa shape index (κ1) is 32.2. The summed E-state index contributed by atoms with van der Waals surface area (Å²) in [5, 5.41) is 58.5. The molecule has 240 valence electrons. The third-order valence-electron chi connectivity index (χ3n) is 11.1. The van der Waals surface area contributed by atoms with E-state index in [4.69, 9.17) is 5.73 Å². The Morgan fingerprint density at radius 1 is 1.09 bits per heavy atom. The quantitative estimate of drug-likeness (QED) is 0.251. The van der Waals surface area contributed by atoms with Crippen molar-refractivity contribution in [1.29, 1.82) is 0 Å². The van der Waals surface area contributed by atoms with Gasteiger partial charge in [-0.15, -0.1) is 0 Å². The third-order valence-corrected chi connectivity index (χ3v) is 11.1. The van der Waals surface area contributed by atoms with Crippen molar-refractivity contribution in [1.82, 2.24) is 4.90 Å². The maximum absolute atomic E-state index is 14.3. The van der Waals surface area contributed by atoms with Crippen molar-refractivity contribution < 1.29 is 39.9 Å². The van der Waals surface area contributed by atoms with Gasteiger partial charge < -0.3 is 31.3 Å². The number of likely N-dealkylation sites (N-methyl/N-ethyl adjacent to an activating group) is 1. The topological polar surface area (TPSA) is 182 Å². The van der Waals surface area contributed by atoms with Crippen LogP contribution < -0.4 is 5.73 Å². The number of carbonyl (C=O) groups is 3. The van der Waals surface area contributed by atoms with Crippen LogP contribution in [-0.4, -0.2) is 79.7 Å². The molecule has 7 atom stereocenters. The fourth-order valence-electron chi connectivity index (χ4n) is 8.69. The minimum Gasteiger partial charge on any atom is -0.508 e. The average molecular weight is 611 g/mol. The highest BCUT2D eigenvalue weighted by Gasteiger charge is 2.68. The molecule has 44 heavy (non-hydrogen) atoms. The molecule has 0 aromatic heterocycles. The van der Waals surface area contributed by atoms with Crippen LogP contribution >= 0.6 is 0 Å². The van der Waals surface area contributed by atoms with Crippen molar-refractivity contribution >= 4 is 23.2 Å². The molecular weight excluding hydrogens is 564 g/mol. The molecule has 5 rings (SSSR count). The lowest BCUT2D eigenvalue weighted by Gasteiger charge is -2.53. The number of carbonyl (C=O) groups excluding carboxylic acids is 3. The molecule has 0 heterocycles. The summed E-state index contributed by atoms with van der Waals surface area (Å²) in [6.07, 6.45) is 5.52. The Balaban J connectivity index is 1.69. The number of unbranched alkanes of at least 4 members (excludes halogenated alkanes) is 1. The van der Waals surface area contributed by atoms with Crippen LogP contribution in [0.4, 0.5) is 0 Å². The maximum atomic E-state index is 14.3. The second kappa shape index (κ2) is 11.6. The minimum atomic E-state index is -2.92. The van der Waals surface area contributed by atoms with Gasteiger partial charge in [-0.3, -0.25) is 19.3 Å². The second-order valence-electron chi connectivity index (χ2n) is 13.8. The summed E-state index contributed by atoms with van der Waals surface area (Å²) in [5.74, 6) is -7.52. The monoisotopic (exact) mass is 610 g/mol. The Kier molecular flexibility index (Phi) is 8.50. The number of hydrogen-bond acceptors (Lipinski definition) is 9. The van der Waals surface area contributed by atoms with Crippen molar-refractivity contribution in [2.45, 2.75) is 95.3 Å². The lowest BCUT2D eigenvalue weighted by Crippen LogP contribution is -2.70. The van der Waals surface area contributed by atoms with E-state index in [9.17, 15) is 39.9 Å². The Hall–Kier alpha value is -3.21. The lowest BCUT2D eigenvalue weighted by atomic mass is 9.54. The molecular formula is C34H46N2O8. The van der Waals surface area contributed by atoms with E-state index < -0.39 is 70.1 Å². The van der Waals surface area contributed by atoms with Crippen LogP contribution in [0.2, 0.25) is 0 Å². The van der Waals surface area contributed by atoms with E-state index in [0.717, 1.165) is 44.9 Å². The maximum Gasteiger partial charge on any atom is 0.255 e. The van der Waals surface area contributed by atoms with Crippen LogP contribution in [0.3, 0.4) is 0 Å². The lowest BCUT2D eigenvalue weighted by molar-refractivity contribution is -0.169. The number of amides is 1. The number of aromatic hydroxyl groups is 1. The molecule has 1 aromatic rings. The highest BCUT2D eigenvalue weighted by molar-refractivity contribution is 6.24. The number of ketones is 2. The zero-order valence-electron chi connectivity index (χ0n) is 26.2. The van der Waals surface area contributed by atoms with Gasteiger partial charge in [-0.2, -0.15) is 0 Å². The summed E-state index contributed by atoms with van der Waals surface area (Å²) in [7, 11) is 2.98. The predicted molar refractivity (Wildman–Crippen MR) is 164 cm³/mol. The summed E-state index contributed by atoms with van der Waals surface area (Å²) in [5.41, 5.74) is 2.51. The standard InChI is InChI=1S/C34H46N2O8/c1-6-7-8-19(17-11-9-15(2)10-12-17)20-14-13-18-16(3)21-23(28(38)22(18)27(20)37)31(41)34(44)25(29(21)39)26(36(4)5)30(40)24(32(34)42)33(35)43/h13-17,19,21,25-26,29,37-39,42,44H,6-12H2,1-5H3,(H2,35,43)/t15?,16-,17?,19?,21+,25+,26-,29-,34-/m1/s1. The molecule has 1 amide bonds. The summed E-state index contributed by atoms with van der Waals surface area (Å²) >= 11 is 0. The average Bonchev–Trinajstić information content (AvgIpc) is 2.96. The van der Waals surface area contributed by atoms with Gasteiger partial charge in [-0.25, -0.2) is 0 Å². The SMILES string of the molecule is CCCCC(c1ccc2c(c1O)C(O)=C1C(=O)[C@@]3(O)C(O)=C(C(N)=O)C(=O)[C@H](N(C)C)[C@H]3[C@H](O)[C@H]1[C@@H]2C)C1CCC(C)CC1.